The van der Waals surface area contributed by atoms with Crippen molar-refractivity contribution < 1.29 is 4.74 Å². The van der Waals surface area contributed by atoms with Gasteiger partial charge in [-0.3, -0.25) is 0 Å². The van der Waals surface area contributed by atoms with Crippen LogP contribution in [-0.2, 0) is 0 Å². The van der Waals surface area contributed by atoms with Gasteiger partial charge in [0.15, 0.2) is 0 Å². The lowest BCUT2D eigenvalue weighted by molar-refractivity contribution is 0.397. The van der Waals surface area contributed by atoms with Crippen LogP contribution in [0.25, 0.3) is 6.08 Å². The highest BCUT2D eigenvalue weighted by atomic mass is 16.5. The molecule has 0 saturated carbocycles. The van der Waals surface area contributed by atoms with Gasteiger partial charge in [0.2, 0.25) is 5.88 Å². The quantitative estimate of drug-likeness (QED) is 0.683. The standard InChI is InChI=1S/C10H13NO/c1-3-4-6-9-7-5-8-10(11-9)12-2/h4-8H,3H2,1-2H3/b6-4+. The number of allylic oxidation sites excluding steroid dienone is 1. The van der Waals surface area contributed by atoms with Crippen molar-refractivity contribution in [3.63, 3.8) is 0 Å². The number of methoxy groups -OCH3 is 1. The number of ether oxygens (including phenoxy) is 1. The maximum Gasteiger partial charge on any atom is 0.213 e. The molecule has 0 aliphatic rings. The first-order chi connectivity index (χ1) is 5.86. The number of pyridine rings is 1. The normalized spacial score (nSPS) is 10.5. The van der Waals surface area contributed by atoms with E-state index < -0.39 is 0 Å². The zero-order valence-corrected chi connectivity index (χ0v) is 7.45. The summed E-state index contributed by atoms with van der Waals surface area (Å²) in [6.07, 6.45) is 5.09. The summed E-state index contributed by atoms with van der Waals surface area (Å²) in [5.41, 5.74) is 0.941. The first-order valence-corrected chi connectivity index (χ1v) is 4.04. The Morgan fingerprint density at radius 1 is 1.50 bits per heavy atom. The number of hydrogen-bond acceptors (Lipinski definition) is 2. The molecule has 2 heteroatoms. The van der Waals surface area contributed by atoms with Gasteiger partial charge in [-0.25, -0.2) is 4.98 Å². The molecule has 12 heavy (non-hydrogen) atoms. The molecule has 1 rings (SSSR count). The Hall–Kier alpha value is -1.31. The molecule has 0 radical (unpaired) electrons. The average Bonchev–Trinajstić information content (AvgIpc) is 2.15. The molecule has 0 unspecified atom stereocenters. The first kappa shape index (κ1) is 8.78. The van der Waals surface area contributed by atoms with Crippen LogP contribution in [-0.4, -0.2) is 12.1 Å². The Labute approximate surface area is 72.9 Å². The van der Waals surface area contributed by atoms with Gasteiger partial charge in [0.1, 0.15) is 0 Å². The molecule has 0 spiro atoms. The second-order valence-corrected chi connectivity index (χ2v) is 2.42. The van der Waals surface area contributed by atoms with Crippen LogP contribution >= 0.6 is 0 Å². The van der Waals surface area contributed by atoms with E-state index in [1.165, 1.54) is 0 Å². The molecule has 64 valence electrons. The Balaban J connectivity index is 2.79. The highest BCUT2D eigenvalue weighted by Gasteiger charge is 1.91. The van der Waals surface area contributed by atoms with Crippen molar-refractivity contribution in [1.29, 1.82) is 0 Å². The topological polar surface area (TPSA) is 22.1 Å². The van der Waals surface area contributed by atoms with E-state index in [9.17, 15) is 0 Å². The molecule has 0 atom stereocenters. The molecular formula is C10H13NO. The molecule has 0 N–H and O–H groups in total. The Kier molecular flexibility index (Phi) is 3.33. The first-order valence-electron chi connectivity index (χ1n) is 4.04. The van der Waals surface area contributed by atoms with E-state index in [0.29, 0.717) is 5.88 Å². The lowest BCUT2D eigenvalue weighted by Gasteiger charge is -1.98. The van der Waals surface area contributed by atoms with E-state index in [1.807, 2.05) is 24.3 Å². The lowest BCUT2D eigenvalue weighted by atomic mass is 10.3. The number of rotatable bonds is 3. The third-order valence-electron chi connectivity index (χ3n) is 1.48. The van der Waals surface area contributed by atoms with Crippen molar-refractivity contribution in [2.45, 2.75) is 13.3 Å². The van der Waals surface area contributed by atoms with Gasteiger partial charge in [0, 0.05) is 6.07 Å². The molecule has 1 heterocycles. The Bertz CT molecular complexity index is 268. The van der Waals surface area contributed by atoms with Crippen LogP contribution in [0.5, 0.6) is 5.88 Å². The van der Waals surface area contributed by atoms with Crippen LogP contribution in [0.3, 0.4) is 0 Å². The van der Waals surface area contributed by atoms with E-state index in [-0.39, 0.29) is 0 Å². The zero-order valence-electron chi connectivity index (χ0n) is 7.45. The van der Waals surface area contributed by atoms with E-state index >= 15 is 0 Å². The van der Waals surface area contributed by atoms with Gasteiger partial charge in [-0.2, -0.15) is 0 Å². The third kappa shape index (κ3) is 2.38. The van der Waals surface area contributed by atoms with Crippen LogP contribution in [0.15, 0.2) is 24.3 Å². The molecule has 0 aromatic carbocycles. The smallest absolute Gasteiger partial charge is 0.213 e. The fourth-order valence-corrected chi connectivity index (χ4v) is 0.876. The van der Waals surface area contributed by atoms with Crippen molar-refractivity contribution >= 4 is 6.08 Å². The summed E-state index contributed by atoms with van der Waals surface area (Å²) in [6, 6.07) is 5.72. The van der Waals surface area contributed by atoms with Gasteiger partial charge in [-0.15, -0.1) is 0 Å². The van der Waals surface area contributed by atoms with E-state index in [2.05, 4.69) is 18.0 Å². The predicted molar refractivity (Wildman–Crippen MR) is 50.1 cm³/mol. The van der Waals surface area contributed by atoms with Gasteiger partial charge >= 0.3 is 0 Å². The van der Waals surface area contributed by atoms with Crippen molar-refractivity contribution in [2.24, 2.45) is 0 Å². The fourth-order valence-electron chi connectivity index (χ4n) is 0.876. The van der Waals surface area contributed by atoms with Crippen LogP contribution in [0.1, 0.15) is 19.0 Å². The van der Waals surface area contributed by atoms with Gasteiger partial charge < -0.3 is 4.74 Å². The molecule has 0 fully saturated rings. The van der Waals surface area contributed by atoms with Crippen molar-refractivity contribution in [3.05, 3.63) is 30.0 Å². The van der Waals surface area contributed by atoms with Crippen molar-refractivity contribution in [3.8, 4) is 5.88 Å². The minimum Gasteiger partial charge on any atom is -0.481 e. The minimum absolute atomic E-state index is 0.660. The highest BCUT2D eigenvalue weighted by Crippen LogP contribution is 2.07. The van der Waals surface area contributed by atoms with Crippen molar-refractivity contribution in [1.82, 2.24) is 4.98 Å². The van der Waals surface area contributed by atoms with Gasteiger partial charge in [-0.05, 0) is 18.6 Å². The van der Waals surface area contributed by atoms with Crippen molar-refractivity contribution in [2.75, 3.05) is 7.11 Å². The van der Waals surface area contributed by atoms with Crippen LogP contribution in [0.2, 0.25) is 0 Å². The molecule has 0 aliphatic carbocycles. The largest absolute Gasteiger partial charge is 0.481 e. The fraction of sp³-hybridized carbons (Fsp3) is 0.300. The third-order valence-corrected chi connectivity index (χ3v) is 1.48. The molecule has 0 amide bonds. The van der Waals surface area contributed by atoms with Gasteiger partial charge in [-0.1, -0.05) is 19.1 Å². The maximum atomic E-state index is 4.99. The predicted octanol–water partition coefficient (Wildman–Crippen LogP) is 2.51. The number of aromatic nitrogens is 1. The molecule has 2 nitrogen and oxygen atoms in total. The Morgan fingerprint density at radius 2 is 2.33 bits per heavy atom. The van der Waals surface area contributed by atoms with Gasteiger partial charge in [0.25, 0.3) is 0 Å². The summed E-state index contributed by atoms with van der Waals surface area (Å²) < 4.78 is 4.99. The Morgan fingerprint density at radius 3 is 3.00 bits per heavy atom. The molecule has 1 aromatic heterocycles. The molecule has 0 aliphatic heterocycles. The van der Waals surface area contributed by atoms with Crippen LogP contribution in [0, 0.1) is 0 Å². The monoisotopic (exact) mass is 163 g/mol. The lowest BCUT2D eigenvalue weighted by Crippen LogP contribution is -1.87. The molecule has 0 saturated heterocycles. The molecule has 0 bridgehead atoms. The zero-order chi connectivity index (χ0) is 8.81. The van der Waals surface area contributed by atoms with E-state index in [0.717, 1.165) is 12.1 Å². The summed E-state index contributed by atoms with van der Waals surface area (Å²) in [5, 5.41) is 0. The SMILES string of the molecule is CC/C=C/c1cccc(OC)n1. The van der Waals surface area contributed by atoms with Crippen LogP contribution < -0.4 is 4.74 Å². The summed E-state index contributed by atoms with van der Waals surface area (Å²) in [7, 11) is 1.62. The second-order valence-electron chi connectivity index (χ2n) is 2.42. The molecule has 1 aromatic rings. The number of hydrogen-bond donors (Lipinski definition) is 0. The summed E-state index contributed by atoms with van der Waals surface area (Å²) in [4.78, 5) is 4.22. The van der Waals surface area contributed by atoms with E-state index in [4.69, 9.17) is 4.74 Å². The maximum absolute atomic E-state index is 4.99. The summed E-state index contributed by atoms with van der Waals surface area (Å²) in [5.74, 6) is 0.660. The van der Waals surface area contributed by atoms with E-state index in [1.54, 1.807) is 7.11 Å². The average molecular weight is 163 g/mol. The minimum atomic E-state index is 0.660. The second kappa shape index (κ2) is 4.54. The molecular weight excluding hydrogens is 150 g/mol. The number of nitrogens with zero attached hydrogens (tertiary/aromatic N) is 1. The summed E-state index contributed by atoms with van der Waals surface area (Å²) in [6.45, 7) is 2.09. The van der Waals surface area contributed by atoms with Crippen LogP contribution in [0.4, 0.5) is 0 Å². The summed E-state index contributed by atoms with van der Waals surface area (Å²) >= 11 is 0. The van der Waals surface area contributed by atoms with Gasteiger partial charge in [0.05, 0.1) is 12.8 Å². The highest BCUT2D eigenvalue weighted by molar-refractivity contribution is 5.44.